The standard InChI is InChI=1S/C11H19N3O/c1-7(2)14-9(6-12-3)11-8(13-14)4-5-10(11)15/h7,10,12,15H,4-6H2,1-3H3. The van der Waals surface area contributed by atoms with Crippen LogP contribution in [0.25, 0.3) is 0 Å². The molecule has 15 heavy (non-hydrogen) atoms. The molecule has 0 amide bonds. The Balaban J connectivity index is 2.45. The summed E-state index contributed by atoms with van der Waals surface area (Å²) in [5, 5.41) is 17.6. The minimum absolute atomic E-state index is 0.309. The molecule has 0 aromatic carbocycles. The average molecular weight is 209 g/mol. The summed E-state index contributed by atoms with van der Waals surface area (Å²) in [6.07, 6.45) is 1.43. The van der Waals surface area contributed by atoms with Crippen LogP contribution in [0, 0.1) is 0 Å². The minimum atomic E-state index is -0.309. The Labute approximate surface area is 90.3 Å². The number of aryl methyl sites for hydroxylation is 1. The molecular weight excluding hydrogens is 190 g/mol. The maximum absolute atomic E-state index is 9.90. The van der Waals surface area contributed by atoms with E-state index in [1.54, 1.807) is 0 Å². The lowest BCUT2D eigenvalue weighted by atomic mass is 10.1. The highest BCUT2D eigenvalue weighted by atomic mass is 16.3. The van der Waals surface area contributed by atoms with Gasteiger partial charge in [-0.2, -0.15) is 5.10 Å². The fourth-order valence-electron chi connectivity index (χ4n) is 2.29. The number of hydrogen-bond donors (Lipinski definition) is 2. The first-order valence-electron chi connectivity index (χ1n) is 5.58. The molecule has 0 saturated heterocycles. The van der Waals surface area contributed by atoms with Gasteiger partial charge in [-0.3, -0.25) is 4.68 Å². The van der Waals surface area contributed by atoms with E-state index in [2.05, 4.69) is 24.3 Å². The van der Waals surface area contributed by atoms with E-state index >= 15 is 0 Å². The smallest absolute Gasteiger partial charge is 0.0830 e. The zero-order chi connectivity index (χ0) is 11.0. The molecule has 0 saturated carbocycles. The van der Waals surface area contributed by atoms with E-state index in [1.807, 2.05) is 11.7 Å². The molecule has 2 N–H and O–H groups in total. The Bertz CT molecular complexity index is 357. The first-order valence-corrected chi connectivity index (χ1v) is 5.58. The van der Waals surface area contributed by atoms with Gasteiger partial charge < -0.3 is 10.4 Å². The van der Waals surface area contributed by atoms with Gasteiger partial charge in [0.15, 0.2) is 0 Å². The van der Waals surface area contributed by atoms with Crippen LogP contribution in [-0.4, -0.2) is 21.9 Å². The average Bonchev–Trinajstić information content (AvgIpc) is 2.69. The molecule has 4 nitrogen and oxygen atoms in total. The number of aliphatic hydroxyl groups is 1. The van der Waals surface area contributed by atoms with Gasteiger partial charge in [-0.15, -0.1) is 0 Å². The van der Waals surface area contributed by atoms with E-state index in [-0.39, 0.29) is 6.10 Å². The lowest BCUT2D eigenvalue weighted by Crippen LogP contribution is -2.16. The quantitative estimate of drug-likeness (QED) is 0.785. The van der Waals surface area contributed by atoms with Gasteiger partial charge in [0, 0.05) is 18.2 Å². The largest absolute Gasteiger partial charge is 0.388 e. The van der Waals surface area contributed by atoms with Gasteiger partial charge in [0.2, 0.25) is 0 Å². The minimum Gasteiger partial charge on any atom is -0.388 e. The Kier molecular flexibility index (Phi) is 2.80. The zero-order valence-corrected chi connectivity index (χ0v) is 9.62. The molecule has 84 valence electrons. The second kappa shape index (κ2) is 3.94. The lowest BCUT2D eigenvalue weighted by Gasteiger charge is -2.13. The van der Waals surface area contributed by atoms with Crippen LogP contribution in [0.1, 0.15) is 49.4 Å². The van der Waals surface area contributed by atoms with Gasteiger partial charge >= 0.3 is 0 Å². The van der Waals surface area contributed by atoms with E-state index in [9.17, 15) is 5.11 Å². The van der Waals surface area contributed by atoms with Crippen LogP contribution >= 0.6 is 0 Å². The third-order valence-corrected chi connectivity index (χ3v) is 2.95. The van der Waals surface area contributed by atoms with Crippen molar-refractivity contribution in [3.63, 3.8) is 0 Å². The highest BCUT2D eigenvalue weighted by Crippen LogP contribution is 2.34. The molecule has 0 fully saturated rings. The highest BCUT2D eigenvalue weighted by molar-refractivity contribution is 5.33. The van der Waals surface area contributed by atoms with E-state index < -0.39 is 0 Å². The molecule has 1 heterocycles. The van der Waals surface area contributed by atoms with E-state index in [0.717, 1.165) is 36.3 Å². The summed E-state index contributed by atoms with van der Waals surface area (Å²) < 4.78 is 2.03. The second-order valence-corrected chi connectivity index (χ2v) is 4.43. The monoisotopic (exact) mass is 209 g/mol. The fourth-order valence-corrected chi connectivity index (χ4v) is 2.29. The topological polar surface area (TPSA) is 50.1 Å². The number of aliphatic hydroxyl groups excluding tert-OH is 1. The molecule has 0 bridgehead atoms. The second-order valence-electron chi connectivity index (χ2n) is 4.43. The summed E-state index contributed by atoms with van der Waals surface area (Å²) in [4.78, 5) is 0. The van der Waals surface area contributed by atoms with Crippen molar-refractivity contribution in [2.75, 3.05) is 7.05 Å². The lowest BCUT2D eigenvalue weighted by molar-refractivity contribution is 0.177. The van der Waals surface area contributed by atoms with Gasteiger partial charge in [0.05, 0.1) is 17.5 Å². The summed E-state index contributed by atoms with van der Waals surface area (Å²) >= 11 is 0. The van der Waals surface area contributed by atoms with Crippen LogP contribution in [0.2, 0.25) is 0 Å². The third-order valence-electron chi connectivity index (χ3n) is 2.95. The van der Waals surface area contributed by atoms with Crippen molar-refractivity contribution in [1.82, 2.24) is 15.1 Å². The van der Waals surface area contributed by atoms with Gasteiger partial charge in [-0.1, -0.05) is 0 Å². The Morgan fingerprint density at radius 3 is 2.93 bits per heavy atom. The first kappa shape index (κ1) is 10.6. The summed E-state index contributed by atoms with van der Waals surface area (Å²) in [6, 6.07) is 0.353. The van der Waals surface area contributed by atoms with Crippen molar-refractivity contribution < 1.29 is 5.11 Å². The van der Waals surface area contributed by atoms with Crippen molar-refractivity contribution in [3.05, 3.63) is 17.0 Å². The van der Waals surface area contributed by atoms with Crippen LogP contribution in [0.4, 0.5) is 0 Å². The van der Waals surface area contributed by atoms with Crippen LogP contribution in [0.15, 0.2) is 0 Å². The predicted octanol–water partition coefficient (Wildman–Crippen LogP) is 1.16. The fraction of sp³-hybridized carbons (Fsp3) is 0.727. The van der Waals surface area contributed by atoms with Crippen molar-refractivity contribution >= 4 is 0 Å². The predicted molar refractivity (Wildman–Crippen MR) is 58.7 cm³/mol. The van der Waals surface area contributed by atoms with Crippen LogP contribution < -0.4 is 5.32 Å². The molecule has 1 aliphatic carbocycles. The van der Waals surface area contributed by atoms with Crippen LogP contribution in [0.3, 0.4) is 0 Å². The summed E-state index contributed by atoms with van der Waals surface area (Å²) in [5.41, 5.74) is 3.30. The first-order chi connectivity index (χ1) is 7.15. The number of fused-ring (bicyclic) bond motifs is 1. The summed E-state index contributed by atoms with van der Waals surface area (Å²) in [7, 11) is 1.92. The van der Waals surface area contributed by atoms with Crippen molar-refractivity contribution in [2.45, 2.75) is 45.4 Å². The van der Waals surface area contributed by atoms with Gasteiger partial charge in [-0.05, 0) is 33.7 Å². The van der Waals surface area contributed by atoms with E-state index in [1.165, 1.54) is 0 Å². The molecule has 1 atom stereocenters. The number of nitrogens with zero attached hydrogens (tertiary/aromatic N) is 2. The Morgan fingerprint density at radius 1 is 1.60 bits per heavy atom. The normalized spacial score (nSPS) is 19.9. The van der Waals surface area contributed by atoms with Gasteiger partial charge in [0.1, 0.15) is 0 Å². The molecule has 0 aliphatic heterocycles. The SMILES string of the molecule is CNCc1c2c(nn1C(C)C)CCC2O. The number of rotatable bonds is 3. The maximum atomic E-state index is 9.90. The molecule has 0 radical (unpaired) electrons. The molecule has 4 heteroatoms. The highest BCUT2D eigenvalue weighted by Gasteiger charge is 2.29. The van der Waals surface area contributed by atoms with Crippen molar-refractivity contribution in [1.29, 1.82) is 0 Å². The summed E-state index contributed by atoms with van der Waals surface area (Å²) in [5.74, 6) is 0. The molecule has 1 aliphatic rings. The zero-order valence-electron chi connectivity index (χ0n) is 9.62. The Morgan fingerprint density at radius 2 is 2.33 bits per heavy atom. The Hall–Kier alpha value is -0.870. The number of nitrogens with one attached hydrogen (secondary N) is 1. The van der Waals surface area contributed by atoms with Crippen molar-refractivity contribution in [3.8, 4) is 0 Å². The van der Waals surface area contributed by atoms with Crippen LogP contribution in [0.5, 0.6) is 0 Å². The van der Waals surface area contributed by atoms with Crippen molar-refractivity contribution in [2.24, 2.45) is 0 Å². The van der Waals surface area contributed by atoms with Gasteiger partial charge in [-0.25, -0.2) is 0 Å². The third kappa shape index (κ3) is 1.68. The molecule has 1 aromatic rings. The number of hydrogen-bond acceptors (Lipinski definition) is 3. The summed E-state index contributed by atoms with van der Waals surface area (Å²) in [6.45, 7) is 5.01. The molecule has 1 unspecified atom stereocenters. The van der Waals surface area contributed by atoms with E-state index in [4.69, 9.17) is 0 Å². The van der Waals surface area contributed by atoms with Crippen LogP contribution in [-0.2, 0) is 13.0 Å². The van der Waals surface area contributed by atoms with E-state index in [0.29, 0.717) is 6.04 Å². The maximum Gasteiger partial charge on any atom is 0.0830 e. The molecule has 1 aromatic heterocycles. The number of aromatic nitrogens is 2. The van der Waals surface area contributed by atoms with Gasteiger partial charge in [0.25, 0.3) is 0 Å². The molecule has 2 rings (SSSR count). The molecule has 0 spiro atoms. The molecular formula is C11H19N3O.